The van der Waals surface area contributed by atoms with Crippen LogP contribution >= 0.6 is 14.5 Å². The Morgan fingerprint density at radius 2 is 0.863 bits per heavy atom. The normalized spacial score (nSPS) is 15.1. The van der Waals surface area contributed by atoms with Crippen molar-refractivity contribution < 1.29 is 9.47 Å². The van der Waals surface area contributed by atoms with Crippen LogP contribution < -0.4 is 61.7 Å². The van der Waals surface area contributed by atoms with Crippen molar-refractivity contribution in [1.82, 2.24) is 0 Å². The number of benzene rings is 11. The molecular formula is C88H87N3O2P2+2. The number of ether oxygens (including phenoxy) is 2. The summed E-state index contributed by atoms with van der Waals surface area (Å²) in [6.45, 7) is 18.7. The summed E-state index contributed by atoms with van der Waals surface area (Å²) in [4.78, 5) is 9.54. The van der Waals surface area contributed by atoms with Gasteiger partial charge in [-0.1, -0.05) is 182 Å². The van der Waals surface area contributed by atoms with Crippen LogP contribution in [0.15, 0.2) is 296 Å². The maximum atomic E-state index is 7.63. The molecule has 0 saturated heterocycles. The van der Waals surface area contributed by atoms with Crippen LogP contribution in [0, 0.1) is 40.5 Å². The lowest BCUT2D eigenvalue weighted by Crippen LogP contribution is -2.42. The molecule has 11 aromatic rings. The number of aryl methyl sites for hydroxylation is 5. The van der Waals surface area contributed by atoms with Crippen molar-refractivity contribution in [2.24, 2.45) is 10.9 Å². The fraction of sp³-hybridized carbons (Fsp3) is 0.193. The van der Waals surface area contributed by atoms with Gasteiger partial charge in [-0.15, -0.1) is 0 Å². The van der Waals surface area contributed by atoms with Crippen molar-refractivity contribution in [3.8, 4) is 11.5 Å². The monoisotopic (exact) mass is 1280 g/mol. The minimum Gasteiger partial charge on any atom is -0.489 e. The number of anilines is 2. The van der Waals surface area contributed by atoms with Gasteiger partial charge in [0.1, 0.15) is 81.2 Å². The van der Waals surface area contributed by atoms with E-state index < -0.39 is 20.6 Å². The molecule has 474 valence electrons. The first kappa shape index (κ1) is 64.3. The van der Waals surface area contributed by atoms with Gasteiger partial charge in [-0.3, -0.25) is 4.99 Å². The zero-order valence-corrected chi connectivity index (χ0v) is 58.0. The van der Waals surface area contributed by atoms with Crippen LogP contribution in [-0.4, -0.2) is 33.4 Å². The van der Waals surface area contributed by atoms with Gasteiger partial charge < -0.3 is 19.3 Å². The topological polar surface area (TPSA) is 37.3 Å². The number of hydrogen-bond donors (Lipinski definition) is 0. The van der Waals surface area contributed by atoms with E-state index in [1.807, 2.05) is 0 Å². The van der Waals surface area contributed by atoms with Gasteiger partial charge in [-0.05, 0) is 215 Å². The molecule has 13 rings (SSSR count). The van der Waals surface area contributed by atoms with Gasteiger partial charge in [0.05, 0.1) is 11.4 Å². The molecule has 2 aliphatic carbocycles. The van der Waals surface area contributed by atoms with E-state index in [0.717, 1.165) is 53.4 Å². The highest BCUT2D eigenvalue weighted by molar-refractivity contribution is 8.02. The smallest absolute Gasteiger partial charge is 0.144 e. The van der Waals surface area contributed by atoms with Crippen molar-refractivity contribution in [2.75, 3.05) is 30.4 Å². The summed E-state index contributed by atoms with van der Waals surface area (Å²) in [6.07, 6.45) is 11.0. The third-order valence-corrected chi connectivity index (χ3v) is 28.3. The molecule has 0 saturated carbocycles. The summed E-state index contributed by atoms with van der Waals surface area (Å²) < 4.78 is 14.7. The highest BCUT2D eigenvalue weighted by Gasteiger charge is 2.49. The van der Waals surface area contributed by atoms with Gasteiger partial charge in [-0.2, -0.15) is 0 Å². The van der Waals surface area contributed by atoms with Crippen molar-refractivity contribution in [1.29, 1.82) is 0 Å². The highest BCUT2D eigenvalue weighted by Crippen LogP contribution is 2.58. The Kier molecular flexibility index (Phi) is 19.2. The standard InChI is InChI=1S/C88H87N3O2P2/c1-62(57-72(60-90(8)87-65(4)54-63(2)55-66(87)5)91(9)88-67(6)56-64(3)58-81(88)89-7)40-51-82(69-45-49-80(50-46-69)95(76-34-22-13-23-35-76,77-36-24-14-25-37-77)78-38-26-15-27-39-78)93-84-53-52-83(85-70-43-44-71(59-70)86(84)85)92-61-68-41-47-79(48-42-68)94(73-28-16-10-17-29-73,74-30-18-11-19-31-74)75-32-20-12-21-33-75/h10-56,58,62,70-72,82H,7,57,59-61H2,1-6,8-9H3/q+2/b51-40+. The molecule has 11 aromatic carbocycles. The molecular weight excluding hydrogens is 1190 g/mol. The Balaban J connectivity index is 0.858. The number of allylic oxidation sites excluding steroid dienone is 3. The van der Waals surface area contributed by atoms with Crippen LogP contribution in [0.5, 0.6) is 11.5 Å². The van der Waals surface area contributed by atoms with E-state index in [9.17, 15) is 0 Å². The molecule has 7 heteroatoms. The molecule has 0 radical (unpaired) electrons. The average molecular weight is 1280 g/mol. The van der Waals surface area contributed by atoms with Crippen molar-refractivity contribution >= 4 is 80.7 Å². The van der Waals surface area contributed by atoms with Crippen LogP contribution in [0.2, 0.25) is 0 Å². The van der Waals surface area contributed by atoms with Crippen LogP contribution in [0.4, 0.5) is 17.1 Å². The molecule has 0 heterocycles. The summed E-state index contributed by atoms with van der Waals surface area (Å²) in [5, 5.41) is 10.5. The predicted molar refractivity (Wildman–Crippen MR) is 410 cm³/mol. The van der Waals surface area contributed by atoms with Crippen molar-refractivity contribution in [3.05, 3.63) is 341 Å². The zero-order valence-electron chi connectivity index (χ0n) is 56.2. The molecule has 0 fully saturated rings. The van der Waals surface area contributed by atoms with Gasteiger partial charge >= 0.3 is 0 Å². The molecule has 0 spiro atoms. The first-order valence-corrected chi connectivity index (χ1v) is 37.2. The fourth-order valence-corrected chi connectivity index (χ4v) is 24.2. The van der Waals surface area contributed by atoms with E-state index in [-0.39, 0.29) is 23.8 Å². The van der Waals surface area contributed by atoms with E-state index in [2.05, 4.69) is 368 Å². The maximum Gasteiger partial charge on any atom is 0.144 e. The second kappa shape index (κ2) is 28.3. The van der Waals surface area contributed by atoms with Crippen LogP contribution in [0.1, 0.15) is 87.8 Å². The van der Waals surface area contributed by atoms with Crippen LogP contribution in [-0.2, 0) is 6.61 Å². The Hall–Kier alpha value is -9.37. The number of aliphatic imine (C=N–C) groups is 1. The second-order valence-electron chi connectivity index (χ2n) is 26.3. The van der Waals surface area contributed by atoms with E-state index in [1.165, 1.54) is 87.1 Å². The lowest BCUT2D eigenvalue weighted by molar-refractivity contribution is 0.250. The largest absolute Gasteiger partial charge is 0.489 e. The number of likely N-dealkylation sites (N-methyl/N-ethyl adjacent to an activating group) is 2. The maximum absolute atomic E-state index is 7.63. The minimum atomic E-state index is -2.36. The highest BCUT2D eigenvalue weighted by atomic mass is 31.2. The predicted octanol–water partition coefficient (Wildman–Crippen LogP) is 17.9. The molecule has 0 aromatic heterocycles. The molecule has 0 N–H and O–H groups in total. The molecule has 5 atom stereocenters. The Morgan fingerprint density at radius 3 is 1.31 bits per heavy atom. The Labute approximate surface area is 565 Å². The molecule has 0 amide bonds. The van der Waals surface area contributed by atoms with Gasteiger partial charge in [0, 0.05) is 55.3 Å². The van der Waals surface area contributed by atoms with E-state index in [0.29, 0.717) is 6.61 Å². The molecule has 5 nitrogen and oxygen atoms in total. The number of hydrogen-bond acceptors (Lipinski definition) is 5. The Bertz CT molecular complexity index is 4290. The first-order chi connectivity index (χ1) is 46.3. The third-order valence-electron chi connectivity index (χ3n) is 19.7. The SMILES string of the molecule is C=Nc1cc(C)cc(C)c1N(C)C(CC(C)/C=C/C(Oc1ccc(OCc2ccc([P+](c3ccccc3)(c3ccccc3)c3ccccc3)cc2)c2c1C1C=CC2C1)c1ccc([P+](c2ccccc2)(c2ccccc2)c2ccccc2)cc1)CN(C)c1c(C)cc(C)cc1C. The summed E-state index contributed by atoms with van der Waals surface area (Å²) in [6, 6.07) is 98.9. The molecule has 2 aliphatic rings. The summed E-state index contributed by atoms with van der Waals surface area (Å²) in [5.41, 5.74) is 14.3. The summed E-state index contributed by atoms with van der Waals surface area (Å²) in [7, 11) is -0.107. The second-order valence-corrected chi connectivity index (χ2v) is 33.1. The average Bonchev–Trinajstić information content (AvgIpc) is 0.892. The molecule has 0 aliphatic heterocycles. The lowest BCUT2D eigenvalue weighted by atomic mass is 9.94. The minimum absolute atomic E-state index is 0.107. The summed E-state index contributed by atoms with van der Waals surface area (Å²) >= 11 is 0. The first-order valence-electron chi connectivity index (χ1n) is 33.6. The molecule has 2 bridgehead atoms. The van der Waals surface area contributed by atoms with Crippen molar-refractivity contribution in [3.63, 3.8) is 0 Å². The van der Waals surface area contributed by atoms with E-state index in [1.54, 1.807) is 0 Å². The van der Waals surface area contributed by atoms with Crippen molar-refractivity contribution in [2.45, 2.75) is 85.0 Å². The van der Waals surface area contributed by atoms with Gasteiger partial charge in [0.15, 0.2) is 0 Å². The van der Waals surface area contributed by atoms with Gasteiger partial charge in [-0.25, -0.2) is 0 Å². The lowest BCUT2D eigenvalue weighted by Gasteiger charge is -2.37. The quantitative estimate of drug-likeness (QED) is 0.0343. The third kappa shape index (κ3) is 12.8. The molecule has 5 unspecified atom stereocenters. The summed E-state index contributed by atoms with van der Waals surface area (Å²) in [5.74, 6) is 2.47. The molecule has 95 heavy (non-hydrogen) atoms. The van der Waals surface area contributed by atoms with Gasteiger partial charge in [0.25, 0.3) is 0 Å². The van der Waals surface area contributed by atoms with E-state index in [4.69, 9.17) is 9.47 Å². The number of nitrogens with zero attached hydrogens (tertiary/aromatic N) is 3. The number of fused-ring (bicyclic) bond motifs is 5. The van der Waals surface area contributed by atoms with Crippen LogP contribution in [0.3, 0.4) is 0 Å². The Morgan fingerprint density at radius 1 is 0.474 bits per heavy atom. The zero-order chi connectivity index (χ0) is 65.6. The van der Waals surface area contributed by atoms with Gasteiger partial charge in [0.2, 0.25) is 0 Å². The van der Waals surface area contributed by atoms with E-state index >= 15 is 0 Å². The number of rotatable bonds is 24. The fourth-order valence-electron chi connectivity index (χ4n) is 15.7. The van der Waals surface area contributed by atoms with Crippen LogP contribution in [0.25, 0.3) is 0 Å².